The summed E-state index contributed by atoms with van der Waals surface area (Å²) in [6.45, 7) is 9.84. The van der Waals surface area contributed by atoms with Crippen LogP contribution in [0.1, 0.15) is 121 Å². The highest BCUT2D eigenvalue weighted by molar-refractivity contribution is 5.98. The van der Waals surface area contributed by atoms with Crippen LogP contribution in [0.5, 0.6) is 0 Å². The zero-order valence-electron chi connectivity index (χ0n) is 51.6. The molecule has 2 saturated heterocycles. The van der Waals surface area contributed by atoms with Crippen LogP contribution in [0.25, 0.3) is 11.1 Å². The van der Waals surface area contributed by atoms with Gasteiger partial charge in [0.25, 0.3) is 0 Å². The van der Waals surface area contributed by atoms with Gasteiger partial charge in [-0.05, 0) is 104 Å². The zero-order valence-corrected chi connectivity index (χ0v) is 51.6. The summed E-state index contributed by atoms with van der Waals surface area (Å²) in [6, 6.07) is 18.5. The average molecular weight is 1240 g/mol. The standard InChI is InChI=1S/C67H83N7O16/c1-40(2)57(73-54(75)21-7-6-14-31-70-63(82)86-37-49-47-18-10-8-16-45(47)46-17-9-11-19-48(46)49)60(79)72-50(20-15-32-69-62(68)81)59(78)71-44-26-24-43(25-27-44)36-85-64(83)74-58-42(4)29-33-84-55(76)22-12-13-23-56(77)90-51-35-53-67(39-88-67)65(51,5)66(38-87-61(58)80)30-28-41(3)34-52(66)89-53/h8-13,16-19,22-27,34,40,42,49-53,57-58H,6-7,14-15,20-21,28-33,35-39H2,1-5H3,(H,70,82)(H,71,78)(H,72,79)(H,73,75)(H,74,83)(H3,68,69,81)/b22-12+,23-13-/t42-,50+,51-,52-,53-,57+,58-,65-,66-,67+/m1/s1. The Labute approximate surface area is 523 Å². The van der Waals surface area contributed by atoms with Crippen molar-refractivity contribution in [2.75, 3.05) is 44.8 Å². The summed E-state index contributed by atoms with van der Waals surface area (Å²) >= 11 is 0. The van der Waals surface area contributed by atoms with E-state index in [4.69, 9.17) is 38.9 Å². The summed E-state index contributed by atoms with van der Waals surface area (Å²) < 4.78 is 42.0. The molecule has 1 saturated carbocycles. The van der Waals surface area contributed by atoms with Crippen molar-refractivity contribution in [2.24, 2.45) is 28.4 Å². The van der Waals surface area contributed by atoms with Gasteiger partial charge in [0.1, 0.15) is 49.7 Å². The predicted octanol–water partition coefficient (Wildman–Crippen LogP) is 7.22. The molecule has 2 bridgehead atoms. The first-order valence-electron chi connectivity index (χ1n) is 31.1. The molecule has 3 aromatic carbocycles. The number of unbranched alkanes of at least 4 members (excludes halogenated alkanes) is 2. The van der Waals surface area contributed by atoms with Gasteiger partial charge < -0.3 is 70.8 Å². The fraction of sp³-hybridized carbons (Fsp3) is 0.507. The molecule has 10 atom stereocenters. The molecule has 3 aromatic rings. The smallest absolute Gasteiger partial charge is 0.408 e. The van der Waals surface area contributed by atoms with E-state index >= 15 is 0 Å². The number of anilines is 1. The number of amides is 7. The number of esters is 3. The number of allylic oxidation sites excluding steroid dienone is 3. The van der Waals surface area contributed by atoms with Crippen LogP contribution in [-0.4, -0.2) is 135 Å². The Morgan fingerprint density at radius 2 is 1.46 bits per heavy atom. The lowest BCUT2D eigenvalue weighted by molar-refractivity contribution is -0.233. The van der Waals surface area contributed by atoms with E-state index in [1.807, 2.05) is 44.2 Å². The minimum Gasteiger partial charge on any atom is -0.463 e. The van der Waals surface area contributed by atoms with Crippen LogP contribution in [0.3, 0.4) is 0 Å². The van der Waals surface area contributed by atoms with Gasteiger partial charge in [0.2, 0.25) is 17.7 Å². The normalized spacial score (nSPS) is 26.5. The number of primary amides is 1. The lowest BCUT2D eigenvalue weighted by Crippen LogP contribution is -2.67. The molecule has 3 aliphatic carbocycles. The van der Waals surface area contributed by atoms with Gasteiger partial charge in [0.15, 0.2) is 0 Å². The first kappa shape index (κ1) is 65.9. The van der Waals surface area contributed by atoms with Crippen molar-refractivity contribution >= 4 is 59.5 Å². The highest BCUT2D eigenvalue weighted by atomic mass is 16.6. The Kier molecular flexibility index (Phi) is 21.5. The number of ether oxygens (including phenoxy) is 7. The van der Waals surface area contributed by atoms with Crippen molar-refractivity contribution in [1.29, 1.82) is 0 Å². The fourth-order valence-corrected chi connectivity index (χ4v) is 13.4. The van der Waals surface area contributed by atoms with Crippen LogP contribution >= 0.6 is 0 Å². The van der Waals surface area contributed by atoms with Crippen molar-refractivity contribution in [3.8, 4) is 11.1 Å². The van der Waals surface area contributed by atoms with E-state index in [0.29, 0.717) is 62.9 Å². The third-order valence-electron chi connectivity index (χ3n) is 18.6. The molecule has 0 unspecified atom stereocenters. The van der Waals surface area contributed by atoms with E-state index in [2.05, 4.69) is 56.2 Å². The first-order chi connectivity index (χ1) is 43.2. The molecule has 9 rings (SSSR count). The lowest BCUT2D eigenvalue weighted by atomic mass is 9.51. The summed E-state index contributed by atoms with van der Waals surface area (Å²) in [5.74, 6) is -4.63. The maximum Gasteiger partial charge on any atom is 0.408 e. The number of rotatable bonds is 21. The summed E-state index contributed by atoms with van der Waals surface area (Å²) in [5, 5.41) is 16.4. The number of carbonyl (C=O) groups excluding carboxylic acids is 9. The van der Waals surface area contributed by atoms with Gasteiger partial charge in [-0.2, -0.15) is 0 Å². The van der Waals surface area contributed by atoms with Crippen LogP contribution in [0.4, 0.5) is 20.1 Å². The van der Waals surface area contributed by atoms with E-state index < -0.39 is 101 Å². The third kappa shape index (κ3) is 15.2. The SMILES string of the molecule is CC1=C[C@H]2O[C@@H]3C[C@H]4OC(=O)/C=C\C=C\C(=O)OCC[C@@H](C)[C@@H](NC(=O)OCc5ccc(NC(=O)[C@H](CCCNC(N)=O)NC(=O)[C@@H](NC(=O)CCCCCNC(=O)OCC6c7ccccc7-c7ccccc76)C(C)C)cc5)C(=O)OC[C@@]2(CC1)[C@]4(C)[C@]31CO1. The first-order valence-corrected chi connectivity index (χ1v) is 31.1. The maximum absolute atomic E-state index is 14.4. The number of alkyl carbamates (subject to hydrolysis) is 2. The van der Waals surface area contributed by atoms with Gasteiger partial charge in [-0.15, -0.1) is 0 Å². The number of nitrogens with two attached hydrogens (primary N) is 1. The molecule has 23 heteroatoms. The molecule has 3 fully saturated rings. The van der Waals surface area contributed by atoms with Gasteiger partial charge >= 0.3 is 36.1 Å². The second-order valence-electron chi connectivity index (χ2n) is 24.7. The van der Waals surface area contributed by atoms with Gasteiger partial charge in [-0.3, -0.25) is 14.4 Å². The average Bonchev–Trinajstić information content (AvgIpc) is 1.48. The molecule has 3 heterocycles. The van der Waals surface area contributed by atoms with Crippen LogP contribution in [0.15, 0.2) is 109 Å². The summed E-state index contributed by atoms with van der Waals surface area (Å²) in [4.78, 5) is 119. The van der Waals surface area contributed by atoms with E-state index in [0.717, 1.165) is 33.9 Å². The number of hydrogen-bond acceptors (Lipinski definition) is 16. The molecule has 6 aliphatic rings. The Balaban J connectivity index is 0.756. The van der Waals surface area contributed by atoms with Gasteiger partial charge in [-0.1, -0.05) is 119 Å². The molecular weight excluding hydrogens is 1160 g/mol. The minimum absolute atomic E-state index is 0.0560. The molecule has 8 N–H and O–H groups in total. The van der Waals surface area contributed by atoms with Crippen molar-refractivity contribution in [1.82, 2.24) is 26.6 Å². The zero-order chi connectivity index (χ0) is 64.2. The molecule has 3 aliphatic heterocycles. The lowest BCUT2D eigenvalue weighted by Gasteiger charge is -2.58. The fourth-order valence-electron chi connectivity index (χ4n) is 13.4. The maximum atomic E-state index is 14.4. The molecule has 0 radical (unpaired) electrons. The third-order valence-corrected chi connectivity index (χ3v) is 18.6. The molecule has 482 valence electrons. The Morgan fingerprint density at radius 1 is 0.767 bits per heavy atom. The predicted molar refractivity (Wildman–Crippen MR) is 329 cm³/mol. The van der Waals surface area contributed by atoms with E-state index in [1.165, 1.54) is 18.2 Å². The summed E-state index contributed by atoms with van der Waals surface area (Å²) in [6.07, 6.45) is 8.12. The van der Waals surface area contributed by atoms with Crippen LogP contribution in [0, 0.1) is 22.7 Å². The van der Waals surface area contributed by atoms with Gasteiger partial charge in [0.05, 0.1) is 30.8 Å². The molecule has 23 nitrogen and oxygen atoms in total. The monoisotopic (exact) mass is 1240 g/mol. The number of cyclic esters (lactones) is 2. The summed E-state index contributed by atoms with van der Waals surface area (Å²) in [7, 11) is 0. The van der Waals surface area contributed by atoms with Crippen LogP contribution in [-0.2, 0) is 68.5 Å². The Morgan fingerprint density at radius 3 is 2.14 bits per heavy atom. The number of fused-ring (bicyclic) bond motifs is 3. The number of benzene rings is 3. The van der Waals surface area contributed by atoms with Crippen molar-refractivity contribution in [3.63, 3.8) is 0 Å². The Bertz CT molecular complexity index is 3210. The topological polar surface area (TPSA) is 320 Å². The second kappa shape index (κ2) is 29.4. The molecule has 7 amide bonds. The molecule has 90 heavy (non-hydrogen) atoms. The number of nitrogens with one attached hydrogen (secondary N) is 6. The van der Waals surface area contributed by atoms with Crippen LogP contribution in [0.2, 0.25) is 0 Å². The minimum atomic E-state index is -1.26. The van der Waals surface area contributed by atoms with E-state index in [1.54, 1.807) is 45.0 Å². The van der Waals surface area contributed by atoms with Crippen LogP contribution < -0.4 is 37.6 Å². The van der Waals surface area contributed by atoms with Gasteiger partial charge in [-0.25, -0.2) is 28.8 Å². The summed E-state index contributed by atoms with van der Waals surface area (Å²) in [5.41, 5.74) is 9.24. The number of urea groups is 1. The number of carbonyl (C=O) groups is 9. The largest absolute Gasteiger partial charge is 0.463 e. The van der Waals surface area contributed by atoms with E-state index in [9.17, 15) is 43.2 Å². The highest BCUT2D eigenvalue weighted by Crippen LogP contribution is 2.72. The van der Waals surface area contributed by atoms with Crippen molar-refractivity contribution in [2.45, 2.75) is 153 Å². The quantitative estimate of drug-likeness (QED) is 0.0182. The highest BCUT2D eigenvalue weighted by Gasteiger charge is 2.83. The molecule has 0 aromatic heterocycles. The molecular formula is C67H83N7O16. The second-order valence-corrected chi connectivity index (χ2v) is 24.7. The molecule has 2 spiro atoms. The van der Waals surface area contributed by atoms with Gasteiger partial charge in [0, 0.05) is 55.1 Å². The number of epoxide rings is 1. The van der Waals surface area contributed by atoms with Crippen molar-refractivity contribution < 1.29 is 76.3 Å². The van der Waals surface area contributed by atoms with E-state index in [-0.39, 0.29) is 82.5 Å². The Hall–Kier alpha value is -8.57. The number of hydrogen-bond donors (Lipinski definition) is 7. The van der Waals surface area contributed by atoms with Crippen molar-refractivity contribution in [3.05, 3.63) is 125 Å².